The second-order valence-corrected chi connectivity index (χ2v) is 7.94. The smallest absolute Gasteiger partial charge is 0.408 e. The van der Waals surface area contributed by atoms with Gasteiger partial charge < -0.3 is 20.3 Å². The number of nitrogens with zero attached hydrogens (tertiary/aromatic N) is 1. The molecule has 25 heavy (non-hydrogen) atoms. The summed E-state index contributed by atoms with van der Waals surface area (Å²) in [6.07, 6.45) is 1.26. The van der Waals surface area contributed by atoms with Crippen molar-refractivity contribution >= 4 is 17.9 Å². The first-order valence-corrected chi connectivity index (χ1v) is 9.12. The van der Waals surface area contributed by atoms with Crippen LogP contribution in [0.4, 0.5) is 4.79 Å². The quantitative estimate of drug-likeness (QED) is 0.763. The standard InChI is InChI=1S/C18H33N3O4/c1-7-13(20-17(24)25-18(4,5)6)16(23)21-10-8-9-14(21)15(22)19-11-12(2)3/h12-14H,7-11H2,1-6H3,(H,19,22)(H,20,24)/t13-,14-/m0/s1. The molecule has 0 saturated carbocycles. The first-order valence-electron chi connectivity index (χ1n) is 9.12. The fourth-order valence-corrected chi connectivity index (χ4v) is 2.71. The number of hydrogen-bond acceptors (Lipinski definition) is 4. The molecule has 2 N–H and O–H groups in total. The summed E-state index contributed by atoms with van der Waals surface area (Å²) >= 11 is 0. The summed E-state index contributed by atoms with van der Waals surface area (Å²) in [4.78, 5) is 38.7. The first kappa shape index (κ1) is 21.3. The van der Waals surface area contributed by atoms with E-state index in [1.54, 1.807) is 25.7 Å². The van der Waals surface area contributed by atoms with Crippen molar-refractivity contribution in [3.05, 3.63) is 0 Å². The first-order chi connectivity index (χ1) is 11.5. The lowest BCUT2D eigenvalue weighted by Gasteiger charge is -2.29. The van der Waals surface area contributed by atoms with Crippen molar-refractivity contribution in [3.8, 4) is 0 Å². The fraction of sp³-hybridized carbons (Fsp3) is 0.833. The van der Waals surface area contributed by atoms with Crippen molar-refractivity contribution in [1.82, 2.24) is 15.5 Å². The van der Waals surface area contributed by atoms with Gasteiger partial charge in [0.05, 0.1) is 0 Å². The summed E-state index contributed by atoms with van der Waals surface area (Å²) in [5, 5.41) is 5.52. The highest BCUT2D eigenvalue weighted by molar-refractivity contribution is 5.91. The second kappa shape index (κ2) is 9.06. The van der Waals surface area contributed by atoms with Gasteiger partial charge in [-0.25, -0.2) is 4.79 Å². The third-order valence-electron chi connectivity index (χ3n) is 3.92. The highest BCUT2D eigenvalue weighted by atomic mass is 16.6. The topological polar surface area (TPSA) is 87.7 Å². The highest BCUT2D eigenvalue weighted by Crippen LogP contribution is 2.19. The highest BCUT2D eigenvalue weighted by Gasteiger charge is 2.37. The van der Waals surface area contributed by atoms with E-state index in [1.165, 1.54) is 0 Å². The van der Waals surface area contributed by atoms with E-state index in [9.17, 15) is 14.4 Å². The Labute approximate surface area is 150 Å². The van der Waals surface area contributed by atoms with Crippen LogP contribution in [0.3, 0.4) is 0 Å². The molecule has 3 amide bonds. The maximum atomic E-state index is 12.8. The molecular weight excluding hydrogens is 322 g/mol. The molecule has 2 atom stereocenters. The Hall–Kier alpha value is -1.79. The summed E-state index contributed by atoms with van der Waals surface area (Å²) < 4.78 is 5.22. The fourth-order valence-electron chi connectivity index (χ4n) is 2.71. The van der Waals surface area contributed by atoms with Crippen molar-refractivity contribution < 1.29 is 19.1 Å². The monoisotopic (exact) mass is 355 g/mol. The zero-order chi connectivity index (χ0) is 19.2. The van der Waals surface area contributed by atoms with Crippen LogP contribution in [0.5, 0.6) is 0 Å². The molecule has 7 heteroatoms. The van der Waals surface area contributed by atoms with Crippen LogP contribution < -0.4 is 10.6 Å². The third-order valence-corrected chi connectivity index (χ3v) is 3.92. The van der Waals surface area contributed by atoms with E-state index in [1.807, 2.05) is 20.8 Å². The number of rotatable bonds is 6. The van der Waals surface area contributed by atoms with E-state index in [0.717, 1.165) is 6.42 Å². The summed E-state index contributed by atoms with van der Waals surface area (Å²) in [5.74, 6) is 0.00829. The Bertz CT molecular complexity index is 485. The average molecular weight is 355 g/mol. The maximum absolute atomic E-state index is 12.8. The lowest BCUT2D eigenvalue weighted by atomic mass is 10.1. The molecule has 0 aliphatic carbocycles. The molecule has 1 aliphatic heterocycles. The van der Waals surface area contributed by atoms with Gasteiger partial charge in [-0.3, -0.25) is 9.59 Å². The number of ether oxygens (including phenoxy) is 1. The van der Waals surface area contributed by atoms with E-state index in [4.69, 9.17) is 4.74 Å². The van der Waals surface area contributed by atoms with Crippen molar-refractivity contribution in [2.24, 2.45) is 5.92 Å². The largest absolute Gasteiger partial charge is 0.444 e. The Morgan fingerprint density at radius 2 is 1.88 bits per heavy atom. The van der Waals surface area contributed by atoms with Crippen LogP contribution in [0.15, 0.2) is 0 Å². The Balaban J connectivity index is 2.70. The molecule has 1 aliphatic rings. The van der Waals surface area contributed by atoms with Gasteiger partial charge in [-0.15, -0.1) is 0 Å². The summed E-state index contributed by atoms with van der Waals surface area (Å²) in [5.41, 5.74) is -0.627. The number of alkyl carbamates (subject to hydrolysis) is 1. The van der Waals surface area contributed by atoms with Crippen molar-refractivity contribution in [3.63, 3.8) is 0 Å². The van der Waals surface area contributed by atoms with Crippen LogP contribution in [-0.4, -0.2) is 53.6 Å². The minimum Gasteiger partial charge on any atom is -0.444 e. The van der Waals surface area contributed by atoms with E-state index < -0.39 is 23.8 Å². The Morgan fingerprint density at radius 3 is 2.40 bits per heavy atom. The number of nitrogens with one attached hydrogen (secondary N) is 2. The minimum absolute atomic E-state index is 0.119. The Kier molecular flexibility index (Phi) is 7.70. The van der Waals surface area contributed by atoms with E-state index >= 15 is 0 Å². The SMILES string of the molecule is CC[C@H](NC(=O)OC(C)(C)C)C(=O)N1CCC[C@H]1C(=O)NCC(C)C. The number of likely N-dealkylation sites (tertiary alicyclic amines) is 1. The van der Waals surface area contributed by atoms with Gasteiger partial charge in [0.1, 0.15) is 17.7 Å². The van der Waals surface area contributed by atoms with Gasteiger partial charge in [0.2, 0.25) is 11.8 Å². The van der Waals surface area contributed by atoms with Crippen LogP contribution in [0.1, 0.15) is 60.8 Å². The summed E-state index contributed by atoms with van der Waals surface area (Å²) in [6, 6.07) is -1.14. The lowest BCUT2D eigenvalue weighted by molar-refractivity contribution is -0.140. The molecule has 1 heterocycles. The van der Waals surface area contributed by atoms with Gasteiger partial charge in [-0.2, -0.15) is 0 Å². The normalized spacial score (nSPS) is 18.8. The van der Waals surface area contributed by atoms with Gasteiger partial charge in [0.15, 0.2) is 0 Å². The van der Waals surface area contributed by atoms with Gasteiger partial charge in [0, 0.05) is 13.1 Å². The van der Waals surface area contributed by atoms with Crippen LogP contribution in [0.25, 0.3) is 0 Å². The third kappa shape index (κ3) is 6.92. The molecule has 0 bridgehead atoms. The average Bonchev–Trinajstić information content (AvgIpc) is 2.97. The molecule has 0 aromatic carbocycles. The molecule has 0 spiro atoms. The Morgan fingerprint density at radius 1 is 1.24 bits per heavy atom. The zero-order valence-electron chi connectivity index (χ0n) is 16.3. The zero-order valence-corrected chi connectivity index (χ0v) is 16.3. The van der Waals surface area contributed by atoms with Gasteiger partial charge >= 0.3 is 6.09 Å². The summed E-state index contributed by atoms with van der Waals surface area (Å²) in [7, 11) is 0. The van der Waals surface area contributed by atoms with Crippen LogP contribution in [0.2, 0.25) is 0 Å². The van der Waals surface area contributed by atoms with Gasteiger partial charge in [-0.05, 0) is 46.0 Å². The molecule has 1 saturated heterocycles. The number of amides is 3. The maximum Gasteiger partial charge on any atom is 0.408 e. The minimum atomic E-state index is -0.687. The molecule has 0 aromatic rings. The predicted molar refractivity (Wildman–Crippen MR) is 96.0 cm³/mol. The number of carbonyl (C=O) groups excluding carboxylic acids is 3. The second-order valence-electron chi connectivity index (χ2n) is 7.94. The van der Waals surface area contributed by atoms with Gasteiger partial charge in [-0.1, -0.05) is 20.8 Å². The number of hydrogen-bond donors (Lipinski definition) is 2. The molecular formula is C18H33N3O4. The van der Waals surface area contributed by atoms with Crippen molar-refractivity contribution in [2.75, 3.05) is 13.1 Å². The van der Waals surface area contributed by atoms with Crippen LogP contribution in [-0.2, 0) is 14.3 Å². The molecule has 144 valence electrons. The van der Waals surface area contributed by atoms with Crippen LogP contribution >= 0.6 is 0 Å². The van der Waals surface area contributed by atoms with Gasteiger partial charge in [0.25, 0.3) is 0 Å². The van der Waals surface area contributed by atoms with Crippen LogP contribution in [0, 0.1) is 5.92 Å². The lowest BCUT2D eigenvalue weighted by Crippen LogP contribution is -2.54. The molecule has 1 rings (SSSR count). The van der Waals surface area contributed by atoms with Crippen molar-refractivity contribution in [1.29, 1.82) is 0 Å². The summed E-state index contributed by atoms with van der Waals surface area (Å²) in [6.45, 7) is 12.3. The molecule has 0 unspecified atom stereocenters. The molecule has 7 nitrogen and oxygen atoms in total. The van der Waals surface area contributed by atoms with Crippen molar-refractivity contribution in [2.45, 2.75) is 78.5 Å². The van der Waals surface area contributed by atoms with E-state index in [2.05, 4.69) is 10.6 Å². The molecule has 0 radical (unpaired) electrons. The molecule has 1 fully saturated rings. The van der Waals surface area contributed by atoms with E-state index in [0.29, 0.717) is 31.8 Å². The number of carbonyl (C=O) groups is 3. The van der Waals surface area contributed by atoms with E-state index in [-0.39, 0.29) is 11.8 Å². The predicted octanol–water partition coefficient (Wildman–Crippen LogP) is 2.05. The molecule has 0 aromatic heterocycles.